The quantitative estimate of drug-likeness (QED) is 0.439. The van der Waals surface area contributed by atoms with E-state index in [1.165, 1.54) is 48.8 Å². The van der Waals surface area contributed by atoms with E-state index in [0.717, 1.165) is 0 Å². The van der Waals surface area contributed by atoms with E-state index in [1.54, 1.807) is 0 Å². The van der Waals surface area contributed by atoms with Gasteiger partial charge in [-0.25, -0.2) is 16.8 Å². The molecule has 0 amide bonds. The maximum absolute atomic E-state index is 10.9. The predicted molar refractivity (Wildman–Crippen MR) is 94.1 cm³/mol. The SMILES string of the molecule is O=S(=O)(Cl)c1ccc2oncc2c1.O=S(=O)(Cl)c1ccc2oncc2c1. The van der Waals surface area contributed by atoms with E-state index >= 15 is 0 Å². The molecule has 0 aliphatic heterocycles. The summed E-state index contributed by atoms with van der Waals surface area (Å²) in [6, 6.07) is 8.59. The summed E-state index contributed by atoms with van der Waals surface area (Å²) in [7, 11) is 2.96. The highest BCUT2D eigenvalue weighted by atomic mass is 35.7. The third kappa shape index (κ3) is 4.15. The van der Waals surface area contributed by atoms with Gasteiger partial charge in [-0.05, 0) is 36.4 Å². The molecule has 0 bridgehead atoms. The van der Waals surface area contributed by atoms with E-state index in [9.17, 15) is 16.8 Å². The molecular weight excluding hydrogens is 427 g/mol. The van der Waals surface area contributed by atoms with Gasteiger partial charge in [0.15, 0.2) is 11.2 Å². The Kier molecular flexibility index (Phi) is 4.93. The van der Waals surface area contributed by atoms with Crippen molar-refractivity contribution in [3.63, 3.8) is 0 Å². The Labute approximate surface area is 156 Å². The molecule has 4 rings (SSSR count). The van der Waals surface area contributed by atoms with E-state index in [-0.39, 0.29) is 9.79 Å². The molecule has 12 heteroatoms. The van der Waals surface area contributed by atoms with Crippen LogP contribution in [0.1, 0.15) is 0 Å². The number of hydrogen-bond donors (Lipinski definition) is 0. The van der Waals surface area contributed by atoms with E-state index < -0.39 is 18.1 Å². The molecule has 0 saturated carbocycles. The number of benzene rings is 2. The number of nitrogens with zero attached hydrogens (tertiary/aromatic N) is 2. The van der Waals surface area contributed by atoms with Crippen molar-refractivity contribution in [2.24, 2.45) is 0 Å². The van der Waals surface area contributed by atoms with Crippen molar-refractivity contribution < 1.29 is 25.9 Å². The molecule has 0 fully saturated rings. The first-order valence-corrected chi connectivity index (χ1v) is 11.3. The van der Waals surface area contributed by atoms with Crippen molar-refractivity contribution in [1.29, 1.82) is 0 Å². The van der Waals surface area contributed by atoms with Crippen molar-refractivity contribution in [2.45, 2.75) is 9.79 Å². The number of hydrogen-bond acceptors (Lipinski definition) is 8. The minimum Gasteiger partial charge on any atom is -0.356 e. The van der Waals surface area contributed by atoms with E-state index in [4.69, 9.17) is 30.4 Å². The fourth-order valence-corrected chi connectivity index (χ4v) is 3.58. The maximum atomic E-state index is 10.9. The lowest BCUT2D eigenvalue weighted by atomic mass is 10.3. The molecule has 2 heterocycles. The lowest BCUT2D eigenvalue weighted by Crippen LogP contribution is -1.88. The van der Waals surface area contributed by atoms with Crippen molar-refractivity contribution in [2.75, 3.05) is 0 Å². The van der Waals surface area contributed by atoms with Crippen LogP contribution >= 0.6 is 21.4 Å². The normalized spacial score (nSPS) is 12.1. The van der Waals surface area contributed by atoms with Crippen LogP contribution in [0, 0.1) is 0 Å². The van der Waals surface area contributed by atoms with Gasteiger partial charge in [0.05, 0.1) is 22.2 Å². The maximum Gasteiger partial charge on any atom is 0.261 e. The van der Waals surface area contributed by atoms with E-state index in [2.05, 4.69) is 10.3 Å². The van der Waals surface area contributed by atoms with Gasteiger partial charge in [-0.1, -0.05) is 10.3 Å². The van der Waals surface area contributed by atoms with Crippen LogP contribution < -0.4 is 0 Å². The number of aromatic nitrogens is 2. The smallest absolute Gasteiger partial charge is 0.261 e. The number of fused-ring (bicyclic) bond motifs is 2. The van der Waals surface area contributed by atoms with Gasteiger partial charge in [0.2, 0.25) is 0 Å². The molecule has 0 saturated heterocycles. The molecule has 136 valence electrons. The van der Waals surface area contributed by atoms with Gasteiger partial charge in [-0.2, -0.15) is 0 Å². The molecule has 0 atom stereocenters. The van der Waals surface area contributed by atoms with Crippen LogP contribution in [0.3, 0.4) is 0 Å². The Bertz CT molecular complexity index is 1190. The van der Waals surface area contributed by atoms with Crippen molar-refractivity contribution >= 4 is 61.4 Å². The predicted octanol–water partition coefficient (Wildman–Crippen LogP) is 3.51. The van der Waals surface area contributed by atoms with Crippen LogP contribution in [0.2, 0.25) is 0 Å². The van der Waals surface area contributed by atoms with Gasteiger partial charge >= 0.3 is 0 Å². The molecule has 26 heavy (non-hydrogen) atoms. The summed E-state index contributed by atoms with van der Waals surface area (Å²) in [5, 5.41) is 8.25. The fraction of sp³-hybridized carbons (Fsp3) is 0. The zero-order valence-electron chi connectivity index (χ0n) is 12.5. The van der Waals surface area contributed by atoms with Gasteiger partial charge < -0.3 is 9.05 Å². The molecule has 2 aromatic carbocycles. The zero-order valence-corrected chi connectivity index (χ0v) is 15.7. The highest BCUT2D eigenvalue weighted by Gasteiger charge is 2.12. The standard InChI is InChI=1S/2C7H4ClNO3S/c2*8-13(10,11)6-1-2-7-5(3-6)4-9-12-7/h2*1-4H. The Balaban J connectivity index is 0.000000151. The fourth-order valence-electron chi connectivity index (χ4n) is 2.00. The number of halogens is 2. The molecule has 0 unspecified atom stereocenters. The van der Waals surface area contributed by atoms with Crippen LogP contribution in [-0.4, -0.2) is 27.1 Å². The van der Waals surface area contributed by atoms with Crippen LogP contribution in [-0.2, 0) is 18.1 Å². The molecule has 0 aliphatic carbocycles. The van der Waals surface area contributed by atoms with Gasteiger partial charge in [-0.3, -0.25) is 0 Å². The van der Waals surface area contributed by atoms with Crippen LogP contribution in [0.4, 0.5) is 0 Å². The highest BCUT2D eigenvalue weighted by Crippen LogP contribution is 2.22. The largest absolute Gasteiger partial charge is 0.356 e. The Morgan fingerprint density at radius 3 is 1.42 bits per heavy atom. The molecule has 4 aromatic rings. The summed E-state index contributed by atoms with van der Waals surface area (Å²) in [6.07, 6.45) is 2.86. The van der Waals surface area contributed by atoms with Crippen LogP contribution in [0.5, 0.6) is 0 Å². The summed E-state index contributed by atoms with van der Waals surface area (Å²) in [6.45, 7) is 0. The third-order valence-corrected chi connectivity index (χ3v) is 5.91. The molecular formula is C14H8Cl2N2O6S2. The first-order valence-electron chi connectivity index (χ1n) is 6.73. The first kappa shape index (κ1) is 18.6. The van der Waals surface area contributed by atoms with Gasteiger partial charge in [0.25, 0.3) is 18.1 Å². The minimum absolute atomic E-state index is 0.0462. The molecule has 8 nitrogen and oxygen atoms in total. The zero-order chi connectivity index (χ0) is 18.9. The second kappa shape index (κ2) is 6.88. The number of rotatable bonds is 2. The van der Waals surface area contributed by atoms with E-state index in [1.807, 2.05) is 0 Å². The van der Waals surface area contributed by atoms with Gasteiger partial charge in [-0.15, -0.1) is 0 Å². The summed E-state index contributed by atoms with van der Waals surface area (Å²) in [4.78, 5) is 0.0923. The molecule has 2 aromatic heterocycles. The summed E-state index contributed by atoms with van der Waals surface area (Å²) in [5.74, 6) is 0. The Morgan fingerprint density at radius 2 is 1.08 bits per heavy atom. The Hall–Kier alpha value is -2.14. The van der Waals surface area contributed by atoms with Crippen molar-refractivity contribution in [3.05, 3.63) is 48.8 Å². The van der Waals surface area contributed by atoms with Gasteiger partial charge in [0.1, 0.15) is 0 Å². The Morgan fingerprint density at radius 1 is 0.692 bits per heavy atom. The summed E-state index contributed by atoms with van der Waals surface area (Å²) >= 11 is 0. The molecule has 0 spiro atoms. The minimum atomic E-state index is -3.67. The van der Waals surface area contributed by atoms with Crippen LogP contribution in [0.15, 0.2) is 67.6 Å². The second-order valence-electron chi connectivity index (χ2n) is 4.93. The summed E-state index contributed by atoms with van der Waals surface area (Å²) < 4.78 is 53.2. The first-order chi connectivity index (χ1) is 12.1. The topological polar surface area (TPSA) is 120 Å². The van der Waals surface area contributed by atoms with Crippen molar-refractivity contribution in [3.8, 4) is 0 Å². The van der Waals surface area contributed by atoms with E-state index in [0.29, 0.717) is 21.9 Å². The molecule has 0 aliphatic rings. The second-order valence-corrected chi connectivity index (χ2v) is 10.1. The third-order valence-electron chi connectivity index (χ3n) is 3.21. The highest BCUT2D eigenvalue weighted by molar-refractivity contribution is 8.14. The molecule has 0 N–H and O–H groups in total. The van der Waals surface area contributed by atoms with Gasteiger partial charge in [0, 0.05) is 32.1 Å². The van der Waals surface area contributed by atoms with Crippen LogP contribution in [0.25, 0.3) is 21.9 Å². The summed E-state index contributed by atoms with van der Waals surface area (Å²) in [5.41, 5.74) is 1.06. The lowest BCUT2D eigenvalue weighted by Gasteiger charge is -1.93. The van der Waals surface area contributed by atoms with Crippen molar-refractivity contribution in [1.82, 2.24) is 10.3 Å². The average molecular weight is 435 g/mol. The monoisotopic (exact) mass is 434 g/mol. The lowest BCUT2D eigenvalue weighted by molar-refractivity contribution is 0.456. The molecule has 0 radical (unpaired) electrons. The average Bonchev–Trinajstić information content (AvgIpc) is 3.21.